The average Bonchev–Trinajstić information content (AvgIpc) is 2.42. The van der Waals surface area contributed by atoms with Gasteiger partial charge in [-0.15, -0.1) is 0 Å². The van der Waals surface area contributed by atoms with Crippen molar-refractivity contribution in [1.29, 1.82) is 0 Å². The van der Waals surface area contributed by atoms with E-state index in [0.717, 1.165) is 6.54 Å². The van der Waals surface area contributed by atoms with Gasteiger partial charge in [-0.25, -0.2) is 9.97 Å². The van der Waals surface area contributed by atoms with Crippen LogP contribution in [0.4, 0.5) is 17.3 Å². The van der Waals surface area contributed by atoms with Gasteiger partial charge in [-0.3, -0.25) is 0 Å². The lowest BCUT2D eigenvalue weighted by Crippen LogP contribution is -2.09. The fourth-order valence-electron chi connectivity index (χ4n) is 1.74. The van der Waals surface area contributed by atoms with Crippen molar-refractivity contribution < 1.29 is 0 Å². The van der Waals surface area contributed by atoms with Crippen LogP contribution < -0.4 is 16.4 Å². The number of aromatic nitrogens is 2. The van der Waals surface area contributed by atoms with Crippen LogP contribution in [-0.4, -0.2) is 16.5 Å². The lowest BCUT2D eigenvalue weighted by atomic mass is 10.1. The molecule has 0 radical (unpaired) electrons. The summed E-state index contributed by atoms with van der Waals surface area (Å²) >= 11 is 0. The second-order valence-corrected chi connectivity index (χ2v) is 4.35. The molecule has 0 aliphatic heterocycles. The second-order valence-electron chi connectivity index (χ2n) is 4.35. The summed E-state index contributed by atoms with van der Waals surface area (Å²) in [6.45, 7) is 5.54. The molecular weight excluding hydrogens is 238 g/mol. The van der Waals surface area contributed by atoms with Crippen LogP contribution >= 0.6 is 0 Å². The van der Waals surface area contributed by atoms with E-state index in [-0.39, 0.29) is 0 Å². The van der Waals surface area contributed by atoms with Gasteiger partial charge in [-0.1, -0.05) is 29.8 Å². The zero-order chi connectivity index (χ0) is 13.7. The summed E-state index contributed by atoms with van der Waals surface area (Å²) in [7, 11) is 0. The van der Waals surface area contributed by atoms with Crippen LogP contribution in [0.15, 0.2) is 30.6 Å². The van der Waals surface area contributed by atoms with Crippen LogP contribution in [0.1, 0.15) is 18.1 Å². The Morgan fingerprint density at radius 1 is 1.05 bits per heavy atom. The minimum absolute atomic E-state index is 0.552. The highest BCUT2D eigenvalue weighted by Crippen LogP contribution is 2.22. The Balaban J connectivity index is 2.07. The standard InChI is InChI=1S/C14H19N5/c1-3-16-13-12(15)14(19-9-18-13)17-8-11-6-4-10(2)5-7-11/h4-7,9H,3,8,15H2,1-2H3,(H2,16,17,18,19). The third-order valence-corrected chi connectivity index (χ3v) is 2.81. The second kappa shape index (κ2) is 6.04. The monoisotopic (exact) mass is 257 g/mol. The summed E-state index contributed by atoms with van der Waals surface area (Å²) < 4.78 is 0. The third-order valence-electron chi connectivity index (χ3n) is 2.81. The summed E-state index contributed by atoms with van der Waals surface area (Å²) in [6.07, 6.45) is 1.51. The lowest BCUT2D eigenvalue weighted by Gasteiger charge is -2.11. The number of nitrogens with two attached hydrogens (primary N) is 1. The molecule has 0 amide bonds. The number of hydrogen-bond acceptors (Lipinski definition) is 5. The molecule has 5 heteroatoms. The highest BCUT2D eigenvalue weighted by molar-refractivity contribution is 5.73. The lowest BCUT2D eigenvalue weighted by molar-refractivity contribution is 1.07. The van der Waals surface area contributed by atoms with Gasteiger partial charge in [0.15, 0.2) is 11.6 Å². The smallest absolute Gasteiger partial charge is 0.155 e. The van der Waals surface area contributed by atoms with Crippen LogP contribution in [0, 0.1) is 6.92 Å². The molecule has 0 unspecified atom stereocenters. The topological polar surface area (TPSA) is 75.9 Å². The van der Waals surface area contributed by atoms with E-state index in [4.69, 9.17) is 5.73 Å². The average molecular weight is 257 g/mol. The summed E-state index contributed by atoms with van der Waals surface area (Å²) in [5.41, 5.74) is 9.00. The first kappa shape index (κ1) is 13.1. The number of nitrogens with one attached hydrogen (secondary N) is 2. The first-order chi connectivity index (χ1) is 9.20. The highest BCUT2D eigenvalue weighted by Gasteiger charge is 2.06. The Bertz CT molecular complexity index is 536. The predicted molar refractivity (Wildman–Crippen MR) is 79.1 cm³/mol. The van der Waals surface area contributed by atoms with Crippen molar-refractivity contribution in [2.75, 3.05) is 22.9 Å². The van der Waals surface area contributed by atoms with Crippen molar-refractivity contribution in [2.24, 2.45) is 0 Å². The summed E-state index contributed by atoms with van der Waals surface area (Å²) in [5.74, 6) is 1.33. The molecule has 0 spiro atoms. The minimum atomic E-state index is 0.552. The number of benzene rings is 1. The zero-order valence-corrected chi connectivity index (χ0v) is 11.3. The van der Waals surface area contributed by atoms with Gasteiger partial charge in [-0.05, 0) is 19.4 Å². The molecule has 0 saturated heterocycles. The van der Waals surface area contributed by atoms with E-state index >= 15 is 0 Å². The van der Waals surface area contributed by atoms with Crippen LogP contribution in [0.2, 0.25) is 0 Å². The Kier molecular flexibility index (Phi) is 4.18. The van der Waals surface area contributed by atoms with E-state index in [0.29, 0.717) is 23.9 Å². The maximum absolute atomic E-state index is 6.01. The van der Waals surface area contributed by atoms with Crippen LogP contribution in [-0.2, 0) is 6.54 Å². The molecule has 0 fully saturated rings. The number of anilines is 3. The predicted octanol–water partition coefficient (Wildman–Crippen LogP) is 2.41. The fraction of sp³-hybridized carbons (Fsp3) is 0.286. The van der Waals surface area contributed by atoms with Gasteiger partial charge >= 0.3 is 0 Å². The maximum Gasteiger partial charge on any atom is 0.155 e. The van der Waals surface area contributed by atoms with E-state index in [2.05, 4.69) is 51.8 Å². The molecule has 0 bridgehead atoms. The van der Waals surface area contributed by atoms with E-state index in [9.17, 15) is 0 Å². The normalized spacial score (nSPS) is 10.2. The van der Waals surface area contributed by atoms with Crippen molar-refractivity contribution in [1.82, 2.24) is 9.97 Å². The zero-order valence-electron chi connectivity index (χ0n) is 11.3. The molecule has 0 saturated carbocycles. The molecule has 0 aliphatic rings. The van der Waals surface area contributed by atoms with Crippen molar-refractivity contribution in [2.45, 2.75) is 20.4 Å². The van der Waals surface area contributed by atoms with Gasteiger partial charge in [0.05, 0.1) is 0 Å². The van der Waals surface area contributed by atoms with Gasteiger partial charge in [0.1, 0.15) is 12.0 Å². The largest absolute Gasteiger partial charge is 0.393 e. The number of hydrogen-bond donors (Lipinski definition) is 3. The molecule has 5 nitrogen and oxygen atoms in total. The molecule has 2 rings (SSSR count). The molecule has 1 aromatic heterocycles. The van der Waals surface area contributed by atoms with Gasteiger partial charge in [0.25, 0.3) is 0 Å². The SMILES string of the molecule is CCNc1ncnc(NCc2ccc(C)cc2)c1N. The number of nitrogen functional groups attached to an aromatic ring is 1. The Hall–Kier alpha value is -2.30. The maximum atomic E-state index is 6.01. The molecule has 0 aliphatic carbocycles. The molecule has 2 aromatic rings. The highest BCUT2D eigenvalue weighted by atomic mass is 15.1. The van der Waals surface area contributed by atoms with E-state index in [1.165, 1.54) is 17.5 Å². The van der Waals surface area contributed by atoms with Crippen molar-refractivity contribution in [3.8, 4) is 0 Å². The molecule has 1 heterocycles. The summed E-state index contributed by atoms with van der Waals surface area (Å²) in [4.78, 5) is 8.27. The van der Waals surface area contributed by atoms with E-state index < -0.39 is 0 Å². The molecule has 1 aromatic carbocycles. The Labute approximate surface area is 113 Å². The quantitative estimate of drug-likeness (QED) is 0.767. The number of nitrogens with zero attached hydrogens (tertiary/aromatic N) is 2. The third kappa shape index (κ3) is 3.34. The van der Waals surface area contributed by atoms with Gasteiger partial charge in [0.2, 0.25) is 0 Å². The minimum Gasteiger partial charge on any atom is -0.393 e. The van der Waals surface area contributed by atoms with Crippen molar-refractivity contribution in [3.05, 3.63) is 41.7 Å². The molecular formula is C14H19N5. The Morgan fingerprint density at radius 2 is 1.68 bits per heavy atom. The molecule has 100 valence electrons. The van der Waals surface area contributed by atoms with Crippen LogP contribution in [0.3, 0.4) is 0 Å². The van der Waals surface area contributed by atoms with Crippen molar-refractivity contribution in [3.63, 3.8) is 0 Å². The van der Waals surface area contributed by atoms with Gasteiger partial charge in [0, 0.05) is 13.1 Å². The molecule has 0 atom stereocenters. The number of aryl methyl sites for hydroxylation is 1. The van der Waals surface area contributed by atoms with Crippen molar-refractivity contribution >= 4 is 17.3 Å². The Morgan fingerprint density at radius 3 is 2.32 bits per heavy atom. The van der Waals surface area contributed by atoms with E-state index in [1.54, 1.807) is 0 Å². The molecule has 19 heavy (non-hydrogen) atoms. The summed E-state index contributed by atoms with van der Waals surface area (Å²) in [5, 5.41) is 6.34. The summed E-state index contributed by atoms with van der Waals surface area (Å²) in [6, 6.07) is 8.35. The van der Waals surface area contributed by atoms with Crippen LogP contribution in [0.5, 0.6) is 0 Å². The first-order valence-electron chi connectivity index (χ1n) is 6.34. The van der Waals surface area contributed by atoms with Crippen LogP contribution in [0.25, 0.3) is 0 Å². The van der Waals surface area contributed by atoms with E-state index in [1.807, 2.05) is 6.92 Å². The molecule has 4 N–H and O–H groups in total. The number of rotatable bonds is 5. The van der Waals surface area contributed by atoms with Gasteiger partial charge in [-0.2, -0.15) is 0 Å². The van der Waals surface area contributed by atoms with Gasteiger partial charge < -0.3 is 16.4 Å². The fourth-order valence-corrected chi connectivity index (χ4v) is 1.74. The first-order valence-corrected chi connectivity index (χ1v) is 6.34.